The molecule has 184 valence electrons. The Morgan fingerprint density at radius 2 is 1.91 bits per heavy atom. The van der Waals surface area contributed by atoms with Crippen molar-refractivity contribution in [2.75, 3.05) is 40.0 Å². The second kappa shape index (κ2) is 11.4. The third-order valence-electron chi connectivity index (χ3n) is 5.89. The van der Waals surface area contributed by atoms with Crippen molar-refractivity contribution in [2.24, 2.45) is 0 Å². The number of fused-ring (bicyclic) bond motifs is 1. The molecule has 1 aromatic heterocycles. The van der Waals surface area contributed by atoms with Crippen LogP contribution in [-0.2, 0) is 16.0 Å². The highest BCUT2D eigenvalue weighted by atomic mass is 32.1. The van der Waals surface area contributed by atoms with E-state index in [2.05, 4.69) is 0 Å². The predicted molar refractivity (Wildman–Crippen MR) is 129 cm³/mol. The van der Waals surface area contributed by atoms with Crippen LogP contribution in [0.25, 0.3) is 0 Å². The first-order valence-electron chi connectivity index (χ1n) is 11.2. The molecule has 9 heteroatoms. The molecule has 3 aromatic rings. The molecule has 0 saturated carbocycles. The van der Waals surface area contributed by atoms with Crippen LogP contribution >= 0.6 is 11.3 Å². The number of halogens is 2. The highest BCUT2D eigenvalue weighted by Crippen LogP contribution is 2.34. The molecular weight excluding hydrogens is 474 g/mol. The van der Waals surface area contributed by atoms with Crippen molar-refractivity contribution in [2.45, 2.75) is 12.5 Å². The molecule has 0 unspecified atom stereocenters. The first-order valence-corrected chi connectivity index (χ1v) is 12.1. The average Bonchev–Trinajstić information content (AvgIpc) is 3.34. The van der Waals surface area contributed by atoms with E-state index in [0.29, 0.717) is 18.7 Å². The third kappa shape index (κ3) is 6.04. The van der Waals surface area contributed by atoms with Gasteiger partial charge in [-0.25, -0.2) is 8.78 Å². The van der Waals surface area contributed by atoms with E-state index in [1.165, 1.54) is 47.2 Å². The lowest BCUT2D eigenvalue weighted by molar-refractivity contribution is -0.135. The van der Waals surface area contributed by atoms with E-state index >= 15 is 0 Å². The third-order valence-corrected chi connectivity index (χ3v) is 6.88. The van der Waals surface area contributed by atoms with Crippen molar-refractivity contribution < 1.29 is 27.8 Å². The Labute approximate surface area is 206 Å². The second-order valence-corrected chi connectivity index (χ2v) is 9.15. The molecular formula is C26H26F2N2O4S. The number of benzene rings is 2. The molecule has 0 fully saturated rings. The van der Waals surface area contributed by atoms with Crippen LogP contribution in [0.1, 0.15) is 26.8 Å². The molecule has 2 heterocycles. The molecule has 4 rings (SSSR count). The number of carbonyl (C=O) groups is 2. The number of thiophene rings is 1. The highest BCUT2D eigenvalue weighted by Gasteiger charge is 2.33. The highest BCUT2D eigenvalue weighted by molar-refractivity contribution is 7.10. The monoisotopic (exact) mass is 500 g/mol. The molecule has 6 nitrogen and oxygen atoms in total. The van der Waals surface area contributed by atoms with Gasteiger partial charge < -0.3 is 19.3 Å². The van der Waals surface area contributed by atoms with E-state index in [1.54, 1.807) is 28.4 Å². The Balaban J connectivity index is 1.52. The van der Waals surface area contributed by atoms with E-state index in [0.717, 1.165) is 11.6 Å². The zero-order valence-electron chi connectivity index (χ0n) is 19.3. The van der Waals surface area contributed by atoms with E-state index in [9.17, 15) is 18.4 Å². The topological polar surface area (TPSA) is 59.1 Å². The Bertz CT molecular complexity index is 1170. The number of methoxy groups -OCH3 is 1. The van der Waals surface area contributed by atoms with Crippen molar-refractivity contribution >= 4 is 23.2 Å². The largest absolute Gasteiger partial charge is 0.491 e. The molecule has 1 aliphatic rings. The van der Waals surface area contributed by atoms with Gasteiger partial charge in [-0.1, -0.05) is 6.07 Å². The smallest absolute Gasteiger partial charge is 0.254 e. The van der Waals surface area contributed by atoms with Gasteiger partial charge in [-0.15, -0.1) is 11.3 Å². The fourth-order valence-corrected chi connectivity index (χ4v) is 5.02. The van der Waals surface area contributed by atoms with Gasteiger partial charge in [-0.2, -0.15) is 0 Å². The lowest BCUT2D eigenvalue weighted by Crippen LogP contribution is -2.48. The summed E-state index contributed by atoms with van der Waals surface area (Å²) in [4.78, 5) is 30.9. The summed E-state index contributed by atoms with van der Waals surface area (Å²) >= 11 is 1.64. The van der Waals surface area contributed by atoms with Crippen molar-refractivity contribution in [3.05, 3.63) is 87.6 Å². The second-order valence-electron chi connectivity index (χ2n) is 8.15. The van der Waals surface area contributed by atoms with Gasteiger partial charge in [-0.3, -0.25) is 9.59 Å². The average molecular weight is 501 g/mol. The summed E-state index contributed by atoms with van der Waals surface area (Å²) < 4.78 is 38.0. The van der Waals surface area contributed by atoms with E-state index in [4.69, 9.17) is 9.47 Å². The summed E-state index contributed by atoms with van der Waals surface area (Å²) in [5.74, 6) is -1.05. The maximum Gasteiger partial charge on any atom is 0.254 e. The Hall–Kier alpha value is -3.30. The van der Waals surface area contributed by atoms with Crippen LogP contribution in [0.3, 0.4) is 0 Å². The van der Waals surface area contributed by atoms with Gasteiger partial charge in [0.05, 0.1) is 12.6 Å². The van der Waals surface area contributed by atoms with Crippen LogP contribution < -0.4 is 4.74 Å². The standard InChI is InChI=1S/C26H26F2N2O4S/c1-33-13-12-29(26(32)18-3-2-4-20(28)15-18)16-25(31)30-11-9-24-22(10-14-35-24)23(30)17-34-21-7-5-19(27)6-8-21/h2-8,10,14-15,23H,9,11-13,16-17H2,1H3/t23-/m0/s1. The summed E-state index contributed by atoms with van der Waals surface area (Å²) in [6.07, 6.45) is 0.710. The van der Waals surface area contributed by atoms with Crippen molar-refractivity contribution in [3.63, 3.8) is 0 Å². The lowest BCUT2D eigenvalue weighted by atomic mass is 10.0. The molecule has 0 spiro atoms. The molecule has 0 radical (unpaired) electrons. The van der Waals surface area contributed by atoms with Gasteiger partial charge in [0.2, 0.25) is 5.91 Å². The van der Waals surface area contributed by atoms with Gasteiger partial charge >= 0.3 is 0 Å². The van der Waals surface area contributed by atoms with Gasteiger partial charge in [0.25, 0.3) is 5.91 Å². The SMILES string of the molecule is COCCN(CC(=O)N1CCc2sccc2[C@@H]1COc1ccc(F)cc1)C(=O)c1cccc(F)c1. The van der Waals surface area contributed by atoms with Crippen LogP contribution in [0, 0.1) is 11.6 Å². The van der Waals surface area contributed by atoms with Crippen LogP contribution in [-0.4, -0.2) is 61.6 Å². The molecule has 2 amide bonds. The van der Waals surface area contributed by atoms with Crippen LogP contribution in [0.5, 0.6) is 5.75 Å². The Morgan fingerprint density at radius 3 is 2.66 bits per heavy atom. The number of ether oxygens (including phenoxy) is 2. The van der Waals surface area contributed by atoms with Crippen LogP contribution in [0.15, 0.2) is 60.0 Å². The maximum absolute atomic E-state index is 13.7. The molecule has 2 aromatic carbocycles. The van der Waals surface area contributed by atoms with E-state index in [-0.39, 0.29) is 49.6 Å². The maximum atomic E-state index is 13.7. The first-order chi connectivity index (χ1) is 17.0. The number of hydrogen-bond donors (Lipinski definition) is 0. The molecule has 1 atom stereocenters. The van der Waals surface area contributed by atoms with Gasteiger partial charge in [0, 0.05) is 30.6 Å². The minimum atomic E-state index is -0.520. The van der Waals surface area contributed by atoms with Gasteiger partial charge in [0.1, 0.15) is 30.5 Å². The summed E-state index contributed by atoms with van der Waals surface area (Å²) in [7, 11) is 1.51. The molecule has 0 N–H and O–H groups in total. The van der Waals surface area contributed by atoms with Crippen LogP contribution in [0.2, 0.25) is 0 Å². The van der Waals surface area contributed by atoms with Gasteiger partial charge in [-0.05, 0) is 65.9 Å². The lowest BCUT2D eigenvalue weighted by Gasteiger charge is -2.37. The normalized spacial score (nSPS) is 14.9. The molecule has 35 heavy (non-hydrogen) atoms. The number of hydrogen-bond acceptors (Lipinski definition) is 5. The fraction of sp³-hybridized carbons (Fsp3) is 0.308. The van der Waals surface area contributed by atoms with E-state index < -0.39 is 11.7 Å². The quantitative estimate of drug-likeness (QED) is 0.439. The molecule has 0 aliphatic carbocycles. The fourth-order valence-electron chi connectivity index (χ4n) is 4.09. The minimum absolute atomic E-state index is 0.170. The van der Waals surface area contributed by atoms with Crippen molar-refractivity contribution in [3.8, 4) is 5.75 Å². The molecule has 1 aliphatic heterocycles. The minimum Gasteiger partial charge on any atom is -0.491 e. The van der Waals surface area contributed by atoms with E-state index in [1.807, 2.05) is 11.4 Å². The van der Waals surface area contributed by atoms with Crippen LogP contribution in [0.4, 0.5) is 8.78 Å². The predicted octanol–water partition coefficient (Wildman–Crippen LogP) is 4.32. The number of nitrogens with zero attached hydrogens (tertiary/aromatic N) is 2. The molecule has 0 saturated heterocycles. The summed E-state index contributed by atoms with van der Waals surface area (Å²) in [5.41, 5.74) is 1.18. The zero-order valence-corrected chi connectivity index (χ0v) is 20.1. The zero-order chi connectivity index (χ0) is 24.8. The van der Waals surface area contributed by atoms with Gasteiger partial charge in [0.15, 0.2) is 0 Å². The summed E-state index contributed by atoms with van der Waals surface area (Å²) in [6, 6.07) is 12.8. The summed E-state index contributed by atoms with van der Waals surface area (Å²) in [6.45, 7) is 0.921. The number of rotatable bonds is 9. The Kier molecular flexibility index (Phi) is 8.09. The molecule has 0 bridgehead atoms. The first kappa shape index (κ1) is 24.8. The summed E-state index contributed by atoms with van der Waals surface area (Å²) in [5, 5.41) is 1.99. The number of carbonyl (C=O) groups excluding carboxylic acids is 2. The number of amides is 2. The Morgan fingerprint density at radius 1 is 1.11 bits per heavy atom. The van der Waals surface area contributed by atoms with Crippen molar-refractivity contribution in [1.82, 2.24) is 9.80 Å². The van der Waals surface area contributed by atoms with Crippen molar-refractivity contribution in [1.29, 1.82) is 0 Å².